The molecule has 0 fully saturated rings. The summed E-state index contributed by atoms with van der Waals surface area (Å²) >= 11 is 0. The fourth-order valence-electron chi connectivity index (χ4n) is 2.28. The summed E-state index contributed by atoms with van der Waals surface area (Å²) in [6.45, 7) is 6.03. The molecule has 16 heavy (non-hydrogen) atoms. The number of hydrogen-bond donors (Lipinski definition) is 1. The molecule has 2 rings (SSSR count). The molecule has 1 N–H and O–H groups in total. The Balaban J connectivity index is 2.48. The normalized spacial score (nSPS) is 13.6. The molecule has 0 saturated carbocycles. The standard InChI is InChI=1S/C12H19N3O/c1-3-5-6-10-9(4-2)11(16)14-12-13-7-8-15(10)12/h3-8H2,1-2H3,(H,13,14,16). The zero-order valence-electron chi connectivity index (χ0n) is 10.0. The summed E-state index contributed by atoms with van der Waals surface area (Å²) in [4.78, 5) is 15.9. The van der Waals surface area contributed by atoms with Gasteiger partial charge in [-0.25, -0.2) is 0 Å². The van der Waals surface area contributed by atoms with Crippen LogP contribution in [0.5, 0.6) is 0 Å². The molecule has 0 bridgehead atoms. The van der Waals surface area contributed by atoms with E-state index in [9.17, 15) is 4.79 Å². The Morgan fingerprint density at radius 2 is 2.25 bits per heavy atom. The van der Waals surface area contributed by atoms with Crippen molar-refractivity contribution < 1.29 is 0 Å². The van der Waals surface area contributed by atoms with Crippen molar-refractivity contribution in [2.75, 3.05) is 11.9 Å². The van der Waals surface area contributed by atoms with Crippen molar-refractivity contribution in [1.29, 1.82) is 0 Å². The first-order chi connectivity index (χ1) is 7.77. The molecule has 0 aliphatic carbocycles. The second-order valence-electron chi connectivity index (χ2n) is 4.20. The molecule has 88 valence electrons. The van der Waals surface area contributed by atoms with Gasteiger partial charge in [0.15, 0.2) is 0 Å². The SMILES string of the molecule is CCCCc1c(CC)c(=O)nc2n1CCN2. The van der Waals surface area contributed by atoms with Gasteiger partial charge >= 0.3 is 0 Å². The molecule has 4 nitrogen and oxygen atoms in total. The first-order valence-corrected chi connectivity index (χ1v) is 6.14. The Kier molecular flexibility index (Phi) is 3.27. The van der Waals surface area contributed by atoms with Crippen molar-refractivity contribution in [3.05, 3.63) is 21.6 Å². The van der Waals surface area contributed by atoms with E-state index in [1.165, 1.54) is 5.69 Å². The van der Waals surface area contributed by atoms with Crippen LogP contribution >= 0.6 is 0 Å². The quantitative estimate of drug-likeness (QED) is 0.839. The number of hydrogen-bond acceptors (Lipinski definition) is 3. The lowest BCUT2D eigenvalue weighted by Gasteiger charge is -2.13. The lowest BCUT2D eigenvalue weighted by atomic mass is 10.1. The minimum Gasteiger partial charge on any atom is -0.354 e. The Bertz CT molecular complexity index is 437. The third-order valence-corrected chi connectivity index (χ3v) is 3.13. The van der Waals surface area contributed by atoms with E-state index < -0.39 is 0 Å². The number of nitrogens with zero attached hydrogens (tertiary/aromatic N) is 2. The first-order valence-electron chi connectivity index (χ1n) is 6.14. The summed E-state index contributed by atoms with van der Waals surface area (Å²) < 4.78 is 2.18. The molecule has 0 saturated heterocycles. The van der Waals surface area contributed by atoms with Gasteiger partial charge in [0.25, 0.3) is 5.56 Å². The van der Waals surface area contributed by atoms with Crippen LogP contribution in [-0.4, -0.2) is 16.1 Å². The van der Waals surface area contributed by atoms with Gasteiger partial charge in [0.1, 0.15) is 0 Å². The molecule has 1 aromatic rings. The molecule has 1 aromatic heterocycles. The second kappa shape index (κ2) is 4.68. The molecule has 0 radical (unpaired) electrons. The Hall–Kier alpha value is -1.32. The number of nitrogens with one attached hydrogen (secondary N) is 1. The van der Waals surface area contributed by atoms with Crippen molar-refractivity contribution in [2.24, 2.45) is 0 Å². The highest BCUT2D eigenvalue weighted by Crippen LogP contribution is 2.17. The average molecular weight is 221 g/mol. The van der Waals surface area contributed by atoms with E-state index in [1.807, 2.05) is 6.92 Å². The molecule has 4 heteroatoms. The van der Waals surface area contributed by atoms with Gasteiger partial charge in [0, 0.05) is 24.3 Å². The van der Waals surface area contributed by atoms with E-state index >= 15 is 0 Å². The zero-order valence-corrected chi connectivity index (χ0v) is 10.0. The van der Waals surface area contributed by atoms with Crippen LogP contribution in [0, 0.1) is 0 Å². The third kappa shape index (κ3) is 1.84. The molecule has 0 spiro atoms. The largest absolute Gasteiger partial charge is 0.354 e. The second-order valence-corrected chi connectivity index (χ2v) is 4.20. The van der Waals surface area contributed by atoms with E-state index in [0.29, 0.717) is 0 Å². The fourth-order valence-corrected chi connectivity index (χ4v) is 2.28. The maximum Gasteiger partial charge on any atom is 0.277 e. The molecule has 0 aromatic carbocycles. The number of aromatic nitrogens is 2. The highest BCUT2D eigenvalue weighted by Gasteiger charge is 2.18. The Labute approximate surface area is 95.7 Å². The highest BCUT2D eigenvalue weighted by atomic mass is 16.1. The van der Waals surface area contributed by atoms with E-state index in [2.05, 4.69) is 21.8 Å². The Morgan fingerprint density at radius 1 is 1.44 bits per heavy atom. The van der Waals surface area contributed by atoms with Crippen LogP contribution in [0.4, 0.5) is 5.95 Å². The fraction of sp³-hybridized carbons (Fsp3) is 0.667. The topological polar surface area (TPSA) is 46.9 Å². The van der Waals surface area contributed by atoms with Crippen LogP contribution in [0.15, 0.2) is 4.79 Å². The van der Waals surface area contributed by atoms with Gasteiger partial charge in [-0.05, 0) is 19.3 Å². The molecule has 0 amide bonds. The number of fused-ring (bicyclic) bond motifs is 1. The van der Waals surface area contributed by atoms with Crippen LogP contribution in [0.2, 0.25) is 0 Å². The summed E-state index contributed by atoms with van der Waals surface area (Å²) in [6.07, 6.45) is 4.07. The molecular formula is C12H19N3O. The van der Waals surface area contributed by atoms with E-state index in [4.69, 9.17) is 0 Å². The summed E-state index contributed by atoms with van der Waals surface area (Å²) in [7, 11) is 0. The lowest BCUT2D eigenvalue weighted by molar-refractivity contribution is 0.670. The van der Waals surface area contributed by atoms with Gasteiger partial charge in [0.05, 0.1) is 0 Å². The summed E-state index contributed by atoms with van der Waals surface area (Å²) in [6, 6.07) is 0. The smallest absolute Gasteiger partial charge is 0.277 e. The predicted octanol–water partition coefficient (Wildman–Crippen LogP) is 1.57. The van der Waals surface area contributed by atoms with Crippen LogP contribution in [-0.2, 0) is 19.4 Å². The van der Waals surface area contributed by atoms with Crippen LogP contribution in [0.3, 0.4) is 0 Å². The number of anilines is 1. The van der Waals surface area contributed by atoms with Crippen molar-refractivity contribution in [2.45, 2.75) is 46.1 Å². The number of rotatable bonds is 4. The maximum absolute atomic E-state index is 11.8. The van der Waals surface area contributed by atoms with Crippen molar-refractivity contribution in [1.82, 2.24) is 9.55 Å². The van der Waals surface area contributed by atoms with Crippen LogP contribution in [0.25, 0.3) is 0 Å². The molecule has 0 unspecified atom stereocenters. The zero-order chi connectivity index (χ0) is 11.5. The molecule has 1 aliphatic rings. The van der Waals surface area contributed by atoms with Crippen molar-refractivity contribution >= 4 is 5.95 Å². The van der Waals surface area contributed by atoms with Gasteiger partial charge in [-0.3, -0.25) is 4.79 Å². The predicted molar refractivity (Wildman–Crippen MR) is 65.0 cm³/mol. The molecular weight excluding hydrogens is 202 g/mol. The molecule has 2 heterocycles. The first kappa shape index (κ1) is 11.2. The summed E-state index contributed by atoms with van der Waals surface area (Å²) in [5.74, 6) is 0.758. The Morgan fingerprint density at radius 3 is 2.94 bits per heavy atom. The third-order valence-electron chi connectivity index (χ3n) is 3.13. The number of unbranched alkanes of at least 4 members (excludes halogenated alkanes) is 1. The van der Waals surface area contributed by atoms with E-state index in [-0.39, 0.29) is 5.56 Å². The van der Waals surface area contributed by atoms with Gasteiger partial charge in [-0.1, -0.05) is 20.3 Å². The van der Waals surface area contributed by atoms with E-state index in [1.54, 1.807) is 0 Å². The van der Waals surface area contributed by atoms with Gasteiger partial charge in [0.2, 0.25) is 5.95 Å². The van der Waals surface area contributed by atoms with Crippen molar-refractivity contribution in [3.8, 4) is 0 Å². The molecule has 0 atom stereocenters. The van der Waals surface area contributed by atoms with Gasteiger partial charge in [-0.2, -0.15) is 4.98 Å². The summed E-state index contributed by atoms with van der Waals surface area (Å²) in [5.41, 5.74) is 2.06. The summed E-state index contributed by atoms with van der Waals surface area (Å²) in [5, 5.41) is 3.16. The molecule has 1 aliphatic heterocycles. The van der Waals surface area contributed by atoms with Crippen molar-refractivity contribution in [3.63, 3.8) is 0 Å². The monoisotopic (exact) mass is 221 g/mol. The highest BCUT2D eigenvalue weighted by molar-refractivity contribution is 5.35. The van der Waals surface area contributed by atoms with E-state index in [0.717, 1.165) is 50.3 Å². The van der Waals surface area contributed by atoms with Crippen LogP contribution < -0.4 is 10.9 Å². The van der Waals surface area contributed by atoms with Gasteiger partial charge in [-0.15, -0.1) is 0 Å². The lowest BCUT2D eigenvalue weighted by Crippen LogP contribution is -2.21. The van der Waals surface area contributed by atoms with Gasteiger partial charge < -0.3 is 9.88 Å². The minimum atomic E-state index is -0.0470. The van der Waals surface area contributed by atoms with Crippen LogP contribution in [0.1, 0.15) is 37.9 Å². The maximum atomic E-state index is 11.8. The minimum absolute atomic E-state index is 0.0470. The average Bonchev–Trinajstić information content (AvgIpc) is 2.72.